The van der Waals surface area contributed by atoms with E-state index in [0.717, 1.165) is 5.69 Å². The Morgan fingerprint density at radius 1 is 1.33 bits per heavy atom. The molecule has 102 valence electrons. The van der Waals surface area contributed by atoms with Crippen molar-refractivity contribution in [3.05, 3.63) is 24.3 Å². The standard InChI is InChI=1S/C12H18ClNO3S/c1-14(8-10(13)9-17-2)11-4-6-12(7-5-11)18(3,15)16/h4-7,10H,8-9H2,1-3H3. The summed E-state index contributed by atoms with van der Waals surface area (Å²) in [5.74, 6) is 0. The quantitative estimate of drug-likeness (QED) is 0.750. The van der Waals surface area contributed by atoms with Crippen molar-refractivity contribution in [1.29, 1.82) is 0 Å². The van der Waals surface area contributed by atoms with E-state index in [1.165, 1.54) is 6.26 Å². The van der Waals surface area contributed by atoms with Crippen molar-refractivity contribution >= 4 is 27.1 Å². The van der Waals surface area contributed by atoms with Crippen LogP contribution in [0.3, 0.4) is 0 Å². The van der Waals surface area contributed by atoms with E-state index in [1.54, 1.807) is 31.4 Å². The van der Waals surface area contributed by atoms with Gasteiger partial charge < -0.3 is 9.64 Å². The summed E-state index contributed by atoms with van der Waals surface area (Å²) in [6.07, 6.45) is 1.19. The molecule has 0 spiro atoms. The fraction of sp³-hybridized carbons (Fsp3) is 0.500. The molecule has 0 radical (unpaired) electrons. The Bertz CT molecular complexity index is 473. The van der Waals surface area contributed by atoms with E-state index in [-0.39, 0.29) is 5.38 Å². The normalized spacial score (nSPS) is 13.3. The minimum atomic E-state index is -3.14. The van der Waals surface area contributed by atoms with E-state index in [1.807, 2.05) is 11.9 Å². The van der Waals surface area contributed by atoms with Crippen LogP contribution in [0.1, 0.15) is 0 Å². The van der Waals surface area contributed by atoms with E-state index >= 15 is 0 Å². The largest absolute Gasteiger partial charge is 0.383 e. The summed E-state index contributed by atoms with van der Waals surface area (Å²) in [6.45, 7) is 1.11. The average molecular weight is 292 g/mol. The summed E-state index contributed by atoms with van der Waals surface area (Å²) >= 11 is 6.07. The average Bonchev–Trinajstić information content (AvgIpc) is 2.28. The van der Waals surface area contributed by atoms with Crippen molar-refractivity contribution in [2.24, 2.45) is 0 Å². The highest BCUT2D eigenvalue weighted by Gasteiger charge is 2.11. The van der Waals surface area contributed by atoms with Gasteiger partial charge in [0, 0.05) is 32.6 Å². The van der Waals surface area contributed by atoms with Crippen molar-refractivity contribution in [3.8, 4) is 0 Å². The molecule has 18 heavy (non-hydrogen) atoms. The molecule has 0 aromatic heterocycles. The fourth-order valence-electron chi connectivity index (χ4n) is 1.58. The molecule has 1 aromatic carbocycles. The first-order valence-electron chi connectivity index (χ1n) is 5.49. The summed E-state index contributed by atoms with van der Waals surface area (Å²) in [5.41, 5.74) is 0.921. The van der Waals surface area contributed by atoms with E-state index in [2.05, 4.69) is 0 Å². The Balaban J connectivity index is 2.73. The smallest absolute Gasteiger partial charge is 0.175 e. The highest BCUT2D eigenvalue weighted by atomic mass is 35.5. The Morgan fingerprint density at radius 2 is 1.89 bits per heavy atom. The number of alkyl halides is 1. The summed E-state index contributed by atoms with van der Waals surface area (Å²) < 4.78 is 27.6. The van der Waals surface area contributed by atoms with Gasteiger partial charge in [-0.05, 0) is 24.3 Å². The molecule has 0 saturated heterocycles. The second-order valence-electron chi connectivity index (χ2n) is 4.20. The molecule has 1 atom stereocenters. The van der Waals surface area contributed by atoms with Gasteiger partial charge in [-0.3, -0.25) is 0 Å². The summed E-state index contributed by atoms with van der Waals surface area (Å²) in [7, 11) is 0.369. The fourth-order valence-corrected chi connectivity index (χ4v) is 2.55. The molecule has 4 nitrogen and oxygen atoms in total. The maximum absolute atomic E-state index is 11.3. The lowest BCUT2D eigenvalue weighted by atomic mass is 10.3. The molecule has 0 aliphatic heterocycles. The Morgan fingerprint density at radius 3 is 2.33 bits per heavy atom. The number of hydrogen-bond acceptors (Lipinski definition) is 4. The predicted octanol–water partition coefficient (Wildman–Crippen LogP) is 1.78. The number of halogens is 1. The molecule has 0 bridgehead atoms. The molecule has 1 unspecified atom stereocenters. The second kappa shape index (κ2) is 6.41. The van der Waals surface area contributed by atoms with Gasteiger partial charge in [-0.15, -0.1) is 11.6 Å². The summed E-state index contributed by atoms with van der Waals surface area (Å²) in [5, 5.41) is -0.102. The molecule has 0 amide bonds. The number of ether oxygens (including phenoxy) is 1. The number of sulfone groups is 1. The number of anilines is 1. The van der Waals surface area contributed by atoms with Crippen LogP contribution in [0.25, 0.3) is 0 Å². The van der Waals surface area contributed by atoms with Gasteiger partial charge in [-0.2, -0.15) is 0 Å². The van der Waals surface area contributed by atoms with E-state index in [9.17, 15) is 8.42 Å². The van der Waals surface area contributed by atoms with E-state index in [0.29, 0.717) is 18.0 Å². The number of hydrogen-bond donors (Lipinski definition) is 0. The second-order valence-corrected chi connectivity index (χ2v) is 6.83. The number of benzene rings is 1. The third-order valence-electron chi connectivity index (χ3n) is 2.53. The van der Waals surface area contributed by atoms with Crippen molar-refractivity contribution in [1.82, 2.24) is 0 Å². The molecular weight excluding hydrogens is 274 g/mol. The summed E-state index contributed by atoms with van der Waals surface area (Å²) in [6, 6.07) is 6.74. The van der Waals surface area contributed by atoms with Crippen LogP contribution in [0.5, 0.6) is 0 Å². The van der Waals surface area contributed by atoms with Gasteiger partial charge in [0.1, 0.15) is 0 Å². The van der Waals surface area contributed by atoms with E-state index in [4.69, 9.17) is 16.3 Å². The predicted molar refractivity (Wildman–Crippen MR) is 74.3 cm³/mol. The molecule has 0 aliphatic carbocycles. The van der Waals surface area contributed by atoms with Gasteiger partial charge in [-0.25, -0.2) is 8.42 Å². The van der Waals surface area contributed by atoms with Crippen LogP contribution in [-0.2, 0) is 14.6 Å². The number of nitrogens with zero attached hydrogens (tertiary/aromatic N) is 1. The van der Waals surface area contributed by atoms with Crippen molar-refractivity contribution in [2.45, 2.75) is 10.3 Å². The Labute approximate surface area is 113 Å². The maximum Gasteiger partial charge on any atom is 0.175 e. The Kier molecular flexibility index (Phi) is 5.44. The van der Waals surface area contributed by atoms with Crippen molar-refractivity contribution in [3.63, 3.8) is 0 Å². The molecule has 0 N–H and O–H groups in total. The monoisotopic (exact) mass is 291 g/mol. The van der Waals surface area contributed by atoms with Crippen LogP contribution in [0.15, 0.2) is 29.2 Å². The number of rotatable bonds is 6. The molecule has 1 rings (SSSR count). The third-order valence-corrected chi connectivity index (χ3v) is 3.92. The minimum absolute atomic E-state index is 0.102. The minimum Gasteiger partial charge on any atom is -0.383 e. The molecule has 1 aromatic rings. The van der Waals surface area contributed by atoms with Crippen LogP contribution >= 0.6 is 11.6 Å². The maximum atomic E-state index is 11.3. The molecule has 0 fully saturated rings. The SMILES string of the molecule is COCC(Cl)CN(C)c1ccc(S(C)(=O)=O)cc1. The van der Waals surface area contributed by atoms with Crippen LogP contribution < -0.4 is 4.90 Å². The lowest BCUT2D eigenvalue weighted by Crippen LogP contribution is -2.28. The van der Waals surface area contributed by atoms with Crippen molar-refractivity contribution in [2.75, 3.05) is 38.5 Å². The van der Waals surface area contributed by atoms with Crippen molar-refractivity contribution < 1.29 is 13.2 Å². The first-order valence-corrected chi connectivity index (χ1v) is 7.81. The highest BCUT2D eigenvalue weighted by Crippen LogP contribution is 2.17. The first kappa shape index (κ1) is 15.3. The molecule has 0 saturated carbocycles. The summed E-state index contributed by atoms with van der Waals surface area (Å²) in [4.78, 5) is 2.28. The topological polar surface area (TPSA) is 46.6 Å². The highest BCUT2D eigenvalue weighted by molar-refractivity contribution is 7.90. The van der Waals surface area contributed by atoms with Gasteiger partial charge in [0.2, 0.25) is 0 Å². The van der Waals surface area contributed by atoms with Crippen LogP contribution in [0.2, 0.25) is 0 Å². The number of methoxy groups -OCH3 is 1. The van der Waals surface area contributed by atoms with Crippen LogP contribution in [0.4, 0.5) is 5.69 Å². The lowest BCUT2D eigenvalue weighted by molar-refractivity contribution is 0.199. The third kappa shape index (κ3) is 4.48. The van der Waals surface area contributed by atoms with Crippen LogP contribution in [-0.4, -0.2) is 47.4 Å². The molecule has 6 heteroatoms. The van der Waals surface area contributed by atoms with Gasteiger partial charge in [0.15, 0.2) is 9.84 Å². The lowest BCUT2D eigenvalue weighted by Gasteiger charge is -2.22. The zero-order valence-electron chi connectivity index (χ0n) is 10.8. The van der Waals surface area contributed by atoms with Gasteiger partial charge in [0.25, 0.3) is 0 Å². The van der Waals surface area contributed by atoms with Gasteiger partial charge in [0.05, 0.1) is 16.9 Å². The Hall–Kier alpha value is -0.780. The molecular formula is C12H18ClNO3S. The molecule has 0 aliphatic rings. The van der Waals surface area contributed by atoms with Gasteiger partial charge >= 0.3 is 0 Å². The zero-order chi connectivity index (χ0) is 13.8. The van der Waals surface area contributed by atoms with E-state index < -0.39 is 9.84 Å². The van der Waals surface area contributed by atoms with Crippen LogP contribution in [0, 0.1) is 0 Å². The zero-order valence-corrected chi connectivity index (χ0v) is 12.3. The van der Waals surface area contributed by atoms with Gasteiger partial charge in [-0.1, -0.05) is 0 Å². The molecule has 0 heterocycles. The first-order chi connectivity index (χ1) is 8.34.